The molecule has 5 rings (SSSR count). The molecule has 0 radical (unpaired) electrons. The summed E-state index contributed by atoms with van der Waals surface area (Å²) in [6, 6.07) is 14.3. The second-order valence-electron chi connectivity index (χ2n) is 9.98. The van der Waals surface area contributed by atoms with Gasteiger partial charge < -0.3 is 9.88 Å². The van der Waals surface area contributed by atoms with Crippen LogP contribution in [0.1, 0.15) is 67.7 Å². The van der Waals surface area contributed by atoms with Crippen molar-refractivity contribution in [1.29, 1.82) is 0 Å². The Hall–Kier alpha value is -3.48. The number of fused-ring (bicyclic) bond motifs is 2. The molecule has 7 nitrogen and oxygen atoms in total. The highest BCUT2D eigenvalue weighted by Gasteiger charge is 2.36. The molecule has 1 atom stereocenters. The van der Waals surface area contributed by atoms with Gasteiger partial charge in [-0.2, -0.15) is 0 Å². The Labute approximate surface area is 199 Å². The minimum Gasteiger partial charge on any atom is -0.357 e. The lowest BCUT2D eigenvalue weighted by Gasteiger charge is -2.38. The van der Waals surface area contributed by atoms with Gasteiger partial charge in [0.25, 0.3) is 5.56 Å². The van der Waals surface area contributed by atoms with Crippen LogP contribution in [0.5, 0.6) is 0 Å². The molecule has 1 unspecified atom stereocenters. The minimum absolute atomic E-state index is 0.0990. The smallest absolute Gasteiger partial charge is 0.254 e. The molecular weight excluding hydrogens is 424 g/mol. The van der Waals surface area contributed by atoms with Gasteiger partial charge in [0.2, 0.25) is 0 Å². The standard InChI is InChI=1S/C27H32N6O/c1-6-27(4,5)33-25(29-30-31-33)24(32-15-9-11-19-10-7-8-12-22(19)32)21-16-20-17(2)13-14-18(3)23(20)28-26(21)34/h7-8,10,12-14,16,24H,6,9,11,15H2,1-5H3,(H,28,34). The predicted octanol–water partition coefficient (Wildman–Crippen LogP) is 4.82. The number of nitrogens with one attached hydrogen (secondary N) is 1. The van der Waals surface area contributed by atoms with Crippen molar-refractivity contribution in [2.45, 2.75) is 65.5 Å². The first-order chi connectivity index (χ1) is 16.3. The van der Waals surface area contributed by atoms with Gasteiger partial charge in [-0.1, -0.05) is 37.3 Å². The quantitative estimate of drug-likeness (QED) is 0.466. The zero-order valence-electron chi connectivity index (χ0n) is 20.6. The van der Waals surface area contributed by atoms with E-state index in [0.29, 0.717) is 11.4 Å². The van der Waals surface area contributed by atoms with Gasteiger partial charge in [0.05, 0.1) is 11.1 Å². The highest BCUT2D eigenvalue weighted by atomic mass is 16.1. The highest BCUT2D eigenvalue weighted by Crippen LogP contribution is 2.38. The summed E-state index contributed by atoms with van der Waals surface area (Å²) >= 11 is 0. The van der Waals surface area contributed by atoms with E-state index in [0.717, 1.165) is 53.5 Å². The van der Waals surface area contributed by atoms with E-state index in [1.54, 1.807) is 0 Å². The molecular formula is C27H32N6O. The van der Waals surface area contributed by atoms with E-state index in [1.807, 2.05) is 11.6 Å². The van der Waals surface area contributed by atoms with E-state index in [-0.39, 0.29) is 11.1 Å². The van der Waals surface area contributed by atoms with Gasteiger partial charge in [0, 0.05) is 23.2 Å². The Balaban J connectivity index is 1.80. The van der Waals surface area contributed by atoms with Gasteiger partial charge in [-0.25, -0.2) is 4.68 Å². The molecule has 1 N–H and O–H groups in total. The molecule has 1 aliphatic rings. The number of anilines is 1. The summed E-state index contributed by atoms with van der Waals surface area (Å²) in [5.74, 6) is 0.693. The fraction of sp³-hybridized carbons (Fsp3) is 0.407. The number of aromatic amines is 1. The van der Waals surface area contributed by atoms with Crippen molar-refractivity contribution in [2.24, 2.45) is 0 Å². The van der Waals surface area contributed by atoms with E-state index in [9.17, 15) is 4.79 Å². The van der Waals surface area contributed by atoms with Crippen LogP contribution < -0.4 is 10.5 Å². The van der Waals surface area contributed by atoms with Crippen molar-refractivity contribution >= 4 is 16.6 Å². The number of hydrogen-bond acceptors (Lipinski definition) is 5. The molecule has 2 aromatic carbocycles. The third kappa shape index (κ3) is 3.59. The van der Waals surface area contributed by atoms with Crippen LogP contribution in [0.15, 0.2) is 47.3 Å². The van der Waals surface area contributed by atoms with Crippen molar-refractivity contribution in [2.75, 3.05) is 11.4 Å². The Bertz CT molecular complexity index is 1420. The van der Waals surface area contributed by atoms with Crippen molar-refractivity contribution in [3.63, 3.8) is 0 Å². The molecule has 0 aliphatic carbocycles. The van der Waals surface area contributed by atoms with Gasteiger partial charge in [-0.3, -0.25) is 4.79 Å². The number of rotatable bonds is 5. The zero-order chi connectivity index (χ0) is 24.0. The van der Waals surface area contributed by atoms with Crippen LogP contribution in [-0.4, -0.2) is 31.7 Å². The number of nitrogens with zero attached hydrogens (tertiary/aromatic N) is 5. The van der Waals surface area contributed by atoms with E-state index in [2.05, 4.69) is 95.6 Å². The van der Waals surface area contributed by atoms with Crippen LogP contribution in [0.2, 0.25) is 0 Å². The van der Waals surface area contributed by atoms with Crippen molar-refractivity contribution in [3.8, 4) is 0 Å². The maximum atomic E-state index is 13.7. The molecule has 2 aromatic heterocycles. The lowest BCUT2D eigenvalue weighted by molar-refractivity contribution is 0.287. The molecule has 0 fully saturated rings. The highest BCUT2D eigenvalue weighted by molar-refractivity contribution is 5.85. The topological polar surface area (TPSA) is 79.7 Å². The maximum Gasteiger partial charge on any atom is 0.254 e. The number of H-pyrrole nitrogens is 1. The van der Waals surface area contributed by atoms with Gasteiger partial charge in [0.15, 0.2) is 5.82 Å². The molecule has 0 saturated carbocycles. The molecule has 7 heteroatoms. The number of tetrazole rings is 1. The number of para-hydroxylation sites is 1. The summed E-state index contributed by atoms with van der Waals surface area (Å²) in [5, 5.41) is 14.1. The molecule has 1 aliphatic heterocycles. The van der Waals surface area contributed by atoms with Gasteiger partial charge >= 0.3 is 0 Å². The summed E-state index contributed by atoms with van der Waals surface area (Å²) in [5.41, 5.74) is 5.78. The first-order valence-corrected chi connectivity index (χ1v) is 12.1. The number of hydrogen-bond donors (Lipinski definition) is 1. The summed E-state index contributed by atoms with van der Waals surface area (Å²) in [7, 11) is 0. The minimum atomic E-state index is -0.407. The van der Waals surface area contributed by atoms with Crippen LogP contribution in [0.3, 0.4) is 0 Å². The van der Waals surface area contributed by atoms with E-state index in [1.165, 1.54) is 5.56 Å². The molecule has 4 aromatic rings. The molecule has 0 bridgehead atoms. The van der Waals surface area contributed by atoms with Crippen LogP contribution in [0.4, 0.5) is 5.69 Å². The third-order valence-corrected chi connectivity index (χ3v) is 7.40. The summed E-state index contributed by atoms with van der Waals surface area (Å²) in [6.45, 7) is 11.3. The molecule has 34 heavy (non-hydrogen) atoms. The summed E-state index contributed by atoms with van der Waals surface area (Å²) in [6.07, 6.45) is 2.90. The Morgan fingerprint density at radius 3 is 2.68 bits per heavy atom. The van der Waals surface area contributed by atoms with Crippen LogP contribution in [0.25, 0.3) is 10.9 Å². The van der Waals surface area contributed by atoms with Gasteiger partial charge in [-0.05, 0) is 86.2 Å². The molecule has 0 saturated heterocycles. The second-order valence-corrected chi connectivity index (χ2v) is 9.98. The van der Waals surface area contributed by atoms with Gasteiger partial charge in [0.1, 0.15) is 6.04 Å². The second kappa shape index (κ2) is 8.38. The number of pyridine rings is 1. The maximum absolute atomic E-state index is 13.7. The Morgan fingerprint density at radius 2 is 1.88 bits per heavy atom. The third-order valence-electron chi connectivity index (χ3n) is 7.40. The number of benzene rings is 2. The van der Waals surface area contributed by atoms with Gasteiger partial charge in [-0.15, -0.1) is 5.10 Å². The average molecular weight is 457 g/mol. The van der Waals surface area contributed by atoms with Crippen molar-refractivity contribution in [1.82, 2.24) is 25.2 Å². The summed E-state index contributed by atoms with van der Waals surface area (Å²) in [4.78, 5) is 19.2. The largest absolute Gasteiger partial charge is 0.357 e. The van der Waals surface area contributed by atoms with Crippen LogP contribution >= 0.6 is 0 Å². The van der Waals surface area contributed by atoms with E-state index in [4.69, 9.17) is 0 Å². The lowest BCUT2D eigenvalue weighted by atomic mass is 9.94. The zero-order valence-corrected chi connectivity index (χ0v) is 20.6. The Kier molecular flexibility index (Phi) is 5.50. The molecule has 176 valence electrons. The molecule has 0 spiro atoms. The van der Waals surface area contributed by atoms with Crippen molar-refractivity contribution in [3.05, 3.63) is 80.9 Å². The van der Waals surface area contributed by atoms with E-state index < -0.39 is 6.04 Å². The first kappa shape index (κ1) is 22.3. The van der Waals surface area contributed by atoms with Crippen LogP contribution in [-0.2, 0) is 12.0 Å². The SMILES string of the molecule is CCC(C)(C)n1nnnc1C(c1cc2c(C)ccc(C)c2[nH]c1=O)N1CCCc2ccccc21. The first-order valence-electron chi connectivity index (χ1n) is 12.1. The van der Waals surface area contributed by atoms with Crippen molar-refractivity contribution < 1.29 is 0 Å². The monoisotopic (exact) mass is 456 g/mol. The number of aromatic nitrogens is 5. The molecule has 3 heterocycles. The lowest BCUT2D eigenvalue weighted by Crippen LogP contribution is -2.40. The summed E-state index contributed by atoms with van der Waals surface area (Å²) < 4.78 is 1.90. The molecule has 0 amide bonds. The predicted molar refractivity (Wildman–Crippen MR) is 135 cm³/mol. The van der Waals surface area contributed by atoms with E-state index >= 15 is 0 Å². The van der Waals surface area contributed by atoms with Crippen LogP contribution in [0, 0.1) is 13.8 Å². The fourth-order valence-electron chi connectivity index (χ4n) is 5.02. The normalized spacial score (nSPS) is 14.9. The number of aryl methyl sites for hydroxylation is 3. The average Bonchev–Trinajstić information content (AvgIpc) is 3.33. The fourth-order valence-corrected chi connectivity index (χ4v) is 5.02. The Morgan fingerprint density at radius 1 is 1.12 bits per heavy atom.